The van der Waals surface area contributed by atoms with Crippen molar-refractivity contribution in [2.75, 3.05) is 0 Å². The second-order valence-electron chi connectivity index (χ2n) is 27.9. The molecule has 0 amide bonds. The van der Waals surface area contributed by atoms with E-state index in [-0.39, 0.29) is 82.6 Å². The fourth-order valence-electron chi connectivity index (χ4n) is 11.9. The zero-order chi connectivity index (χ0) is 82.7. The van der Waals surface area contributed by atoms with Crippen molar-refractivity contribution in [2.24, 2.45) is 0 Å². The van der Waals surface area contributed by atoms with Gasteiger partial charge in [-0.25, -0.2) is 4.98 Å². The largest absolute Gasteiger partial charge is 0.510 e. The smallest absolute Gasteiger partial charge is 0.268 e. The molecule has 5 nitrogen and oxygen atoms in total. The van der Waals surface area contributed by atoms with E-state index in [9.17, 15) is 8.22 Å². The third-order valence-corrected chi connectivity index (χ3v) is 17.1. The van der Waals surface area contributed by atoms with Crippen molar-refractivity contribution in [2.45, 2.75) is 112 Å². The van der Waals surface area contributed by atoms with Gasteiger partial charge in [0.25, 0.3) is 6.33 Å². The van der Waals surface area contributed by atoms with E-state index in [1.54, 1.807) is 34.9 Å². The van der Waals surface area contributed by atoms with Crippen LogP contribution in [0.1, 0.15) is 138 Å². The number of hydrogen-bond acceptors (Lipinski definition) is 2. The maximum Gasteiger partial charge on any atom is 0.268 e. The first-order valence-electron chi connectivity index (χ1n) is 41.3. The van der Waals surface area contributed by atoms with E-state index >= 15 is 0 Å². The Morgan fingerprint density at radius 1 is 0.442 bits per heavy atom. The van der Waals surface area contributed by atoms with Gasteiger partial charge in [-0.3, -0.25) is 4.57 Å². The van der Waals surface area contributed by atoms with Gasteiger partial charge in [0.2, 0.25) is 0 Å². The van der Waals surface area contributed by atoms with Crippen molar-refractivity contribution in [3.63, 3.8) is 0 Å². The van der Waals surface area contributed by atoms with Crippen LogP contribution in [0.4, 0.5) is 0 Å². The van der Waals surface area contributed by atoms with Crippen LogP contribution >= 0.6 is 0 Å². The van der Waals surface area contributed by atoms with E-state index < -0.39 is 137 Å². The van der Waals surface area contributed by atoms with Crippen LogP contribution in [0.2, 0.25) is 0 Å². The van der Waals surface area contributed by atoms with Gasteiger partial charge in [-0.15, -0.1) is 29.7 Å². The maximum absolute atomic E-state index is 10.6. The molecule has 0 aliphatic rings. The molecular formula is C89H80N4OPt-2. The van der Waals surface area contributed by atoms with Crippen LogP contribution in [0.15, 0.2) is 248 Å². The number of ether oxygens (including phenoxy) is 1. The molecule has 474 valence electrons. The Balaban J connectivity index is 0.0000115. The molecule has 11 aromatic carbocycles. The van der Waals surface area contributed by atoms with E-state index in [2.05, 4.69) is 144 Å². The molecule has 0 unspecified atom stereocenters. The number of imidazole rings is 1. The van der Waals surface area contributed by atoms with Crippen LogP contribution in [0, 0.1) is 25.3 Å². The van der Waals surface area contributed by atoms with Crippen LogP contribution < -0.4 is 9.30 Å². The predicted octanol–water partition coefficient (Wildman–Crippen LogP) is 23.1. The molecule has 14 rings (SSSR count). The van der Waals surface area contributed by atoms with Crippen molar-refractivity contribution in [1.29, 1.82) is 0 Å². The third kappa shape index (κ3) is 12.7. The number of hydrogen-bond donors (Lipinski definition) is 0. The molecule has 0 saturated heterocycles. The summed E-state index contributed by atoms with van der Waals surface area (Å²) in [6.45, 7) is 22.9. The van der Waals surface area contributed by atoms with Gasteiger partial charge in [-0.1, -0.05) is 264 Å². The minimum absolute atomic E-state index is 0. The normalized spacial score (nSPS) is 15.3. The van der Waals surface area contributed by atoms with Crippen LogP contribution in [0.25, 0.3) is 117 Å². The van der Waals surface area contributed by atoms with E-state index in [4.69, 9.17) is 28.9 Å². The van der Waals surface area contributed by atoms with E-state index in [0.717, 1.165) is 44.8 Å². The molecule has 0 radical (unpaired) electrons. The molecule has 0 aliphatic heterocycles. The van der Waals surface area contributed by atoms with Crippen LogP contribution in [-0.2, 0) is 42.7 Å². The summed E-state index contributed by atoms with van der Waals surface area (Å²) in [5, 5.41) is 1.45. The van der Waals surface area contributed by atoms with Crippen LogP contribution in [0.3, 0.4) is 0 Å². The zero-order valence-electron chi connectivity index (χ0n) is 74.9. The summed E-state index contributed by atoms with van der Waals surface area (Å²) >= 11 is 0. The Hall–Kier alpha value is -9.67. The summed E-state index contributed by atoms with van der Waals surface area (Å²) in [5.41, 5.74) is 6.12. The summed E-state index contributed by atoms with van der Waals surface area (Å²) in [6.07, 6.45) is 4.96. The Bertz CT molecular complexity index is 6290. The Labute approximate surface area is 603 Å². The molecule has 95 heavy (non-hydrogen) atoms. The van der Waals surface area contributed by atoms with E-state index in [1.165, 1.54) is 12.3 Å². The van der Waals surface area contributed by atoms with E-state index in [0.29, 0.717) is 50.0 Å². The maximum atomic E-state index is 10.6. The SMILES string of the molecule is [2H]c1cc(-c2c([2H])c(-c3cccc(-c4cc(C(C)(C)C)cc(C(C)(C)C)c4)c3-[n+]3[c-]n(-c4[c-]c(Oc5[c-]c6c(cc5)c5ccccc5n6-c5cc(C([2H])([2H])[2H])c(-c6c([2H])c([2H])c([2H])c([2H])c6[2H])cn5)ccc4)c4cc(-c5cc(C(C)(C)C)cc(C(C)(C)C)c5)ccc43)c([2H])c(-c3c([2H])c([2H])c([2H])c([2H])c3[2H])c2[2H])c([2H])c([2H])c1[2H].[Pt]. The Morgan fingerprint density at radius 2 is 1.01 bits per heavy atom. The van der Waals surface area contributed by atoms with Gasteiger partial charge in [0.15, 0.2) is 0 Å². The molecule has 0 N–H and O–H groups in total. The summed E-state index contributed by atoms with van der Waals surface area (Å²) in [5.74, 6) is 0.535. The van der Waals surface area contributed by atoms with Crippen molar-refractivity contribution in [3.8, 4) is 95.5 Å². The van der Waals surface area contributed by atoms with Gasteiger partial charge < -0.3 is 13.9 Å². The number of aromatic nitrogens is 4. The number of fused-ring (bicyclic) bond motifs is 4. The number of benzene rings is 11. The number of rotatable bonds is 11. The van der Waals surface area contributed by atoms with Crippen LogP contribution in [-0.4, -0.2) is 14.1 Å². The summed E-state index contributed by atoms with van der Waals surface area (Å²) < 4.78 is 193. The van der Waals surface area contributed by atoms with Crippen molar-refractivity contribution < 1.29 is 57.8 Å². The molecular weight excluding hydrogens is 1340 g/mol. The third-order valence-electron chi connectivity index (χ3n) is 17.1. The molecule has 0 saturated carbocycles. The summed E-state index contributed by atoms with van der Waals surface area (Å²) in [4.78, 5) is 4.76. The van der Waals surface area contributed by atoms with Gasteiger partial charge in [0.05, 0.1) is 40.0 Å². The first kappa shape index (κ1) is 44.1. The minimum atomic E-state index is -2.86. The molecule has 0 fully saturated rings. The summed E-state index contributed by atoms with van der Waals surface area (Å²) in [7, 11) is 0. The quantitative estimate of drug-likeness (QED) is 0.0956. The number of para-hydroxylation sites is 2. The average Bonchev–Trinajstić information content (AvgIpc) is 1.65. The fraction of sp³-hybridized carbons (Fsp3) is 0.191. The second-order valence-corrected chi connectivity index (χ2v) is 27.9. The summed E-state index contributed by atoms with van der Waals surface area (Å²) in [6, 6.07) is 39.3. The Kier molecular flexibility index (Phi) is 11.6. The van der Waals surface area contributed by atoms with Gasteiger partial charge >= 0.3 is 0 Å². The van der Waals surface area contributed by atoms with Gasteiger partial charge in [-0.05, 0) is 165 Å². The minimum Gasteiger partial charge on any atom is -0.510 e. The van der Waals surface area contributed by atoms with Gasteiger partial charge in [-0.2, -0.15) is 18.2 Å². The molecule has 0 atom stereocenters. The molecule has 3 heterocycles. The first-order chi connectivity index (χ1) is 53.3. The number of aryl methyl sites for hydroxylation is 1. The number of pyridine rings is 1. The number of nitrogens with zero attached hydrogens (tertiary/aromatic N) is 4. The van der Waals surface area contributed by atoms with Crippen molar-refractivity contribution in [3.05, 3.63) is 295 Å². The average molecular weight is 1440 g/mol. The van der Waals surface area contributed by atoms with Crippen LogP contribution in [0.5, 0.6) is 11.5 Å². The predicted molar refractivity (Wildman–Crippen MR) is 392 cm³/mol. The standard InChI is InChI=1S/C89H80N4O.Pt/c1-58-43-84(90-56-79(58)61-31-21-16-22-32-61)93-80-38-24-23-35-77(80)78-41-40-74(55-82(78)93)94-73-34-25-33-72(54-73)91-57-92(81-42-39-62(51-83(81)91)65-47-68(86(2,3)4)52-69(48-65)87(5,6)7)85-75(36-26-37-76(85)67-49-70(88(8,9)10)53-71(50-67)89(11,12)13)66-45-63(59-27-17-14-18-28-59)44-64(46-66)60-29-19-15-20-30-60;/h14-53,56H,1-13H3;/q-2;/i1D3,14D,15D,16D,17D,18D,19D,20D,21D,22D,27D,28D,29D,31D,32D,44D,45D,46D;. The zero-order valence-corrected chi connectivity index (χ0v) is 57.1. The topological polar surface area (TPSA) is 35.9 Å². The van der Waals surface area contributed by atoms with Gasteiger partial charge in [0.1, 0.15) is 5.82 Å². The first-order valence-corrected chi connectivity index (χ1v) is 31.3. The fourth-order valence-corrected chi connectivity index (χ4v) is 11.9. The van der Waals surface area contributed by atoms with Gasteiger partial charge in [0, 0.05) is 54.0 Å². The Morgan fingerprint density at radius 3 is 1.66 bits per heavy atom. The van der Waals surface area contributed by atoms with Crippen molar-refractivity contribution >= 4 is 32.8 Å². The molecule has 0 bridgehead atoms. The van der Waals surface area contributed by atoms with Crippen molar-refractivity contribution in [1.82, 2.24) is 14.1 Å². The molecule has 3 aromatic heterocycles. The monoisotopic (exact) mass is 1440 g/mol. The molecule has 0 spiro atoms. The molecule has 6 heteroatoms. The van der Waals surface area contributed by atoms with E-state index in [1.807, 2.05) is 63.7 Å². The molecule has 0 aliphatic carbocycles. The second kappa shape index (κ2) is 24.9. The molecule has 14 aromatic rings.